The maximum absolute atomic E-state index is 12.4. The van der Waals surface area contributed by atoms with Gasteiger partial charge in [0.25, 0.3) is 11.4 Å². The van der Waals surface area contributed by atoms with E-state index in [9.17, 15) is 20.2 Å². The van der Waals surface area contributed by atoms with Gasteiger partial charge in [-0.25, -0.2) is 0 Å². The van der Waals surface area contributed by atoms with Gasteiger partial charge in [0.2, 0.25) is 0 Å². The van der Waals surface area contributed by atoms with Crippen LogP contribution < -0.4 is 20.3 Å². The molecule has 0 unspecified atom stereocenters. The summed E-state index contributed by atoms with van der Waals surface area (Å²) < 4.78 is 6.28. The molecule has 4 rings (SSSR count). The van der Waals surface area contributed by atoms with Gasteiger partial charge in [-0.1, -0.05) is 6.08 Å². The van der Waals surface area contributed by atoms with Gasteiger partial charge in [0, 0.05) is 78.5 Å². The van der Waals surface area contributed by atoms with Crippen molar-refractivity contribution in [3.05, 3.63) is 90.9 Å². The summed E-state index contributed by atoms with van der Waals surface area (Å²) in [6.45, 7) is 10.3. The van der Waals surface area contributed by atoms with Crippen LogP contribution in [-0.2, 0) is 0 Å². The van der Waals surface area contributed by atoms with Gasteiger partial charge in [-0.2, -0.15) is 0 Å². The van der Waals surface area contributed by atoms with E-state index in [-0.39, 0.29) is 16.9 Å². The molecule has 1 heterocycles. The minimum Gasteiger partial charge on any atom is -0.456 e. The van der Waals surface area contributed by atoms with Crippen LogP contribution in [0.25, 0.3) is 5.57 Å². The van der Waals surface area contributed by atoms with E-state index >= 15 is 0 Å². The summed E-state index contributed by atoms with van der Waals surface area (Å²) in [5.41, 5.74) is 3.23. The number of allylic oxidation sites excluding steroid dienone is 3. The van der Waals surface area contributed by atoms with Gasteiger partial charge in [0.15, 0.2) is 0 Å². The molecule has 0 amide bonds. The molecule has 10 nitrogen and oxygen atoms in total. The zero-order valence-corrected chi connectivity index (χ0v) is 21.5. The number of nitro benzene ring substituents is 2. The van der Waals surface area contributed by atoms with Crippen LogP contribution in [0.4, 0.5) is 22.7 Å². The molecular weight excluding hydrogens is 474 g/mol. The highest BCUT2D eigenvalue weighted by Crippen LogP contribution is 2.50. The lowest BCUT2D eigenvalue weighted by atomic mass is 9.84. The first-order valence-corrected chi connectivity index (χ1v) is 12.5. The lowest BCUT2D eigenvalue weighted by molar-refractivity contribution is -0.394. The molecule has 37 heavy (non-hydrogen) atoms. The quantitative estimate of drug-likeness (QED) is 0.309. The van der Waals surface area contributed by atoms with Gasteiger partial charge < -0.3 is 20.3 Å². The van der Waals surface area contributed by atoms with E-state index in [4.69, 9.17) is 4.74 Å². The molecule has 2 aliphatic rings. The lowest BCUT2D eigenvalue weighted by Crippen LogP contribution is -2.22. The molecule has 2 aromatic carbocycles. The van der Waals surface area contributed by atoms with E-state index in [0.29, 0.717) is 66.5 Å². The second-order valence-corrected chi connectivity index (χ2v) is 8.64. The second kappa shape index (κ2) is 10.7. The lowest BCUT2D eigenvalue weighted by Gasteiger charge is -2.29. The highest BCUT2D eigenvalue weighted by molar-refractivity contribution is 5.96. The van der Waals surface area contributed by atoms with Crippen LogP contribution in [0.1, 0.15) is 45.2 Å². The van der Waals surface area contributed by atoms with Gasteiger partial charge in [-0.3, -0.25) is 20.2 Å². The molecule has 0 aromatic heterocycles. The first kappa shape index (κ1) is 25.7. The fourth-order valence-electron chi connectivity index (χ4n) is 4.85. The Hall–Kier alpha value is -4.34. The van der Waals surface area contributed by atoms with Crippen LogP contribution in [0.2, 0.25) is 0 Å². The van der Waals surface area contributed by atoms with E-state index in [2.05, 4.69) is 10.6 Å². The van der Waals surface area contributed by atoms with Crippen molar-refractivity contribution >= 4 is 28.3 Å². The third-order valence-electron chi connectivity index (χ3n) is 6.50. The van der Waals surface area contributed by atoms with E-state index < -0.39 is 9.85 Å². The van der Waals surface area contributed by atoms with Crippen LogP contribution in [0.15, 0.2) is 59.5 Å². The van der Waals surface area contributed by atoms with Gasteiger partial charge in [0.1, 0.15) is 17.1 Å². The van der Waals surface area contributed by atoms with E-state index in [1.165, 1.54) is 12.1 Å². The van der Waals surface area contributed by atoms with Crippen LogP contribution >= 0.6 is 0 Å². The van der Waals surface area contributed by atoms with Crippen molar-refractivity contribution in [2.75, 3.05) is 36.4 Å². The Morgan fingerprint density at radius 3 is 2.16 bits per heavy atom. The molecule has 0 radical (unpaired) electrons. The van der Waals surface area contributed by atoms with Gasteiger partial charge >= 0.3 is 0 Å². The van der Waals surface area contributed by atoms with E-state index in [1.54, 1.807) is 0 Å². The van der Waals surface area contributed by atoms with Gasteiger partial charge in [-0.05, 0) is 46.2 Å². The number of hydrogen-bond acceptors (Lipinski definition) is 8. The van der Waals surface area contributed by atoms with Gasteiger partial charge in [-0.15, -0.1) is 0 Å². The van der Waals surface area contributed by atoms with Crippen LogP contribution in [-0.4, -0.2) is 36.0 Å². The molecule has 0 saturated heterocycles. The van der Waals surface area contributed by atoms with Crippen LogP contribution in [0.3, 0.4) is 0 Å². The number of fused-ring (bicyclic) bond motifs is 2. The Morgan fingerprint density at radius 1 is 0.946 bits per heavy atom. The third kappa shape index (κ3) is 4.87. The van der Waals surface area contributed by atoms with Crippen molar-refractivity contribution in [3.8, 4) is 5.75 Å². The largest absolute Gasteiger partial charge is 0.456 e. The molecule has 1 aliphatic heterocycles. The first-order chi connectivity index (χ1) is 17.8. The summed E-state index contributed by atoms with van der Waals surface area (Å²) in [5.74, 6) is 1.00. The Labute approximate surface area is 215 Å². The maximum Gasteiger partial charge on any atom is 0.286 e. The smallest absolute Gasteiger partial charge is 0.286 e. The Kier molecular flexibility index (Phi) is 7.47. The zero-order valence-electron chi connectivity index (χ0n) is 21.5. The fourth-order valence-corrected chi connectivity index (χ4v) is 4.85. The summed E-state index contributed by atoms with van der Waals surface area (Å²) >= 11 is 0. The fraction of sp³-hybridized carbons (Fsp3) is 0.333. The summed E-state index contributed by atoms with van der Waals surface area (Å²) in [6.07, 6.45) is 4.21. The minimum atomic E-state index is -0.531. The molecule has 2 N–H and O–H groups in total. The number of rotatable bonds is 10. The van der Waals surface area contributed by atoms with Crippen molar-refractivity contribution < 1.29 is 14.6 Å². The Morgan fingerprint density at radius 2 is 1.59 bits per heavy atom. The van der Waals surface area contributed by atoms with Crippen molar-refractivity contribution in [2.24, 2.45) is 0 Å². The SMILES string of the molecule is CCNC1=CCC2=C(c3c([N+](=O)[O-])cc(N(CC)CC)cc3[N+](=O)[O-])c3ccc(NCC)cc3OC2=C1. The average Bonchev–Trinajstić information content (AvgIpc) is 2.87. The topological polar surface area (TPSA) is 123 Å². The van der Waals surface area contributed by atoms with Crippen molar-refractivity contribution in [1.29, 1.82) is 0 Å². The molecule has 2 aromatic rings. The van der Waals surface area contributed by atoms with E-state index in [1.807, 2.05) is 62.9 Å². The number of nitro groups is 2. The van der Waals surface area contributed by atoms with Gasteiger partial charge in [0.05, 0.1) is 15.5 Å². The molecule has 194 valence electrons. The Bertz CT molecular complexity index is 1310. The minimum absolute atomic E-state index is 0.00661. The second-order valence-electron chi connectivity index (χ2n) is 8.64. The zero-order chi connectivity index (χ0) is 26.7. The number of likely N-dealkylation sites (N-methyl/N-ethyl adjacent to an activating group) is 1. The number of hydrogen-bond donors (Lipinski definition) is 2. The van der Waals surface area contributed by atoms with Crippen LogP contribution in [0, 0.1) is 20.2 Å². The molecule has 1 aliphatic carbocycles. The predicted molar refractivity (Wildman–Crippen MR) is 145 cm³/mol. The van der Waals surface area contributed by atoms with E-state index in [0.717, 1.165) is 11.4 Å². The molecule has 10 heteroatoms. The molecule has 0 atom stereocenters. The van der Waals surface area contributed by atoms with Crippen molar-refractivity contribution in [3.63, 3.8) is 0 Å². The predicted octanol–water partition coefficient (Wildman–Crippen LogP) is 5.76. The Balaban J connectivity index is 2.06. The maximum atomic E-state index is 12.4. The molecule has 0 bridgehead atoms. The number of anilines is 2. The number of benzene rings is 2. The number of ether oxygens (including phenoxy) is 1. The third-order valence-corrected chi connectivity index (χ3v) is 6.50. The normalized spacial score (nSPS) is 14.1. The summed E-state index contributed by atoms with van der Waals surface area (Å²) in [5, 5.41) is 31.3. The standard InChI is InChI=1S/C27H31N5O5/c1-5-28-17-9-11-20-24(13-17)37-25-14-18(29-6-2)10-12-21(25)26(20)27-22(31(33)34)15-19(30(7-3)8-4)16-23(27)32(35)36/h9-11,13-16,28-29H,5-8,12H2,1-4H3. The monoisotopic (exact) mass is 505 g/mol. The van der Waals surface area contributed by atoms with Crippen molar-refractivity contribution in [2.45, 2.75) is 34.1 Å². The highest BCUT2D eigenvalue weighted by Gasteiger charge is 2.37. The number of nitrogens with one attached hydrogen (secondary N) is 2. The highest BCUT2D eigenvalue weighted by atomic mass is 16.6. The number of nitrogens with zero attached hydrogens (tertiary/aromatic N) is 3. The van der Waals surface area contributed by atoms with Crippen molar-refractivity contribution in [1.82, 2.24) is 5.32 Å². The molecule has 0 saturated carbocycles. The molecule has 0 spiro atoms. The first-order valence-electron chi connectivity index (χ1n) is 12.5. The summed E-state index contributed by atoms with van der Waals surface area (Å²) in [7, 11) is 0. The molecule has 0 fully saturated rings. The summed E-state index contributed by atoms with van der Waals surface area (Å²) in [6, 6.07) is 8.37. The average molecular weight is 506 g/mol. The summed E-state index contributed by atoms with van der Waals surface area (Å²) in [4.78, 5) is 25.6. The molecular formula is C27H31N5O5. The van der Waals surface area contributed by atoms with Crippen LogP contribution in [0.5, 0.6) is 5.75 Å².